The number of hydrogen-bond acceptors (Lipinski definition) is 3. The Morgan fingerprint density at radius 1 is 1.05 bits per heavy atom. The van der Waals surface area contributed by atoms with Gasteiger partial charge in [0, 0.05) is 27.1 Å². The number of hydrogen-bond donors (Lipinski definition) is 0. The quantitative estimate of drug-likeness (QED) is 0.633. The molecule has 2 aromatic carbocycles. The van der Waals surface area contributed by atoms with E-state index in [2.05, 4.69) is 0 Å². The molecule has 0 aliphatic carbocycles. The average molecular weight is 335 g/mol. The van der Waals surface area contributed by atoms with Crippen molar-refractivity contribution < 1.29 is 9.15 Å². The van der Waals surface area contributed by atoms with Crippen LogP contribution in [0.1, 0.15) is 11.1 Å². The molecule has 0 spiro atoms. The van der Waals surface area contributed by atoms with Gasteiger partial charge in [0.25, 0.3) is 0 Å². The first-order valence-corrected chi connectivity index (χ1v) is 7.39. The molecular weight excluding hydrogens is 323 g/mol. The first kappa shape index (κ1) is 14.9. The Morgan fingerprint density at radius 2 is 1.77 bits per heavy atom. The Labute approximate surface area is 137 Å². The third-order valence-corrected chi connectivity index (χ3v) is 3.65. The molecule has 0 saturated heterocycles. The van der Waals surface area contributed by atoms with Crippen LogP contribution in [0.5, 0.6) is 5.75 Å². The minimum absolute atomic E-state index is 0.224. The lowest BCUT2D eigenvalue weighted by Gasteiger charge is -2.09. The van der Waals surface area contributed by atoms with E-state index < -0.39 is 5.63 Å². The molecule has 3 aromatic rings. The van der Waals surface area contributed by atoms with Crippen LogP contribution >= 0.6 is 23.2 Å². The molecule has 0 amide bonds. The fourth-order valence-corrected chi connectivity index (χ4v) is 2.74. The van der Waals surface area contributed by atoms with Gasteiger partial charge in [0.1, 0.15) is 17.9 Å². The van der Waals surface area contributed by atoms with E-state index in [0.717, 1.165) is 16.5 Å². The molecule has 0 atom stereocenters. The molecule has 1 aromatic heterocycles. The van der Waals surface area contributed by atoms with Gasteiger partial charge in [-0.3, -0.25) is 0 Å². The summed E-state index contributed by atoms with van der Waals surface area (Å²) >= 11 is 11.9. The van der Waals surface area contributed by atoms with Crippen LogP contribution in [-0.4, -0.2) is 0 Å². The first-order valence-electron chi connectivity index (χ1n) is 6.63. The van der Waals surface area contributed by atoms with Crippen molar-refractivity contribution >= 4 is 34.2 Å². The van der Waals surface area contributed by atoms with Gasteiger partial charge in [-0.25, -0.2) is 4.79 Å². The number of rotatable bonds is 3. The van der Waals surface area contributed by atoms with Crippen LogP contribution in [-0.2, 0) is 6.61 Å². The van der Waals surface area contributed by atoms with Crippen LogP contribution in [0.25, 0.3) is 11.0 Å². The van der Waals surface area contributed by atoms with Gasteiger partial charge in [0.15, 0.2) is 0 Å². The SMILES string of the molecule is Cc1ccc2c(COc3cc(Cl)cc(Cl)c3)cc(=O)oc2c1. The Kier molecular flexibility index (Phi) is 4.10. The van der Waals surface area contributed by atoms with Crippen molar-refractivity contribution in [3.63, 3.8) is 0 Å². The van der Waals surface area contributed by atoms with Crippen LogP contribution in [0.4, 0.5) is 0 Å². The molecule has 0 bridgehead atoms. The lowest BCUT2D eigenvalue weighted by atomic mass is 10.1. The van der Waals surface area contributed by atoms with Crippen LogP contribution in [0.3, 0.4) is 0 Å². The van der Waals surface area contributed by atoms with Gasteiger partial charge in [-0.15, -0.1) is 0 Å². The van der Waals surface area contributed by atoms with E-state index in [1.165, 1.54) is 6.07 Å². The van der Waals surface area contributed by atoms with Crippen LogP contribution in [0, 0.1) is 6.92 Å². The highest BCUT2D eigenvalue weighted by Crippen LogP contribution is 2.26. The molecule has 0 aliphatic heterocycles. The lowest BCUT2D eigenvalue weighted by Crippen LogP contribution is -2.04. The average Bonchev–Trinajstić information content (AvgIpc) is 2.43. The molecule has 0 saturated carbocycles. The zero-order valence-corrected chi connectivity index (χ0v) is 13.2. The number of ether oxygens (including phenoxy) is 1. The monoisotopic (exact) mass is 334 g/mol. The maximum absolute atomic E-state index is 11.7. The van der Waals surface area contributed by atoms with Crippen molar-refractivity contribution in [3.05, 3.63) is 74.1 Å². The molecular formula is C17H12Cl2O3. The summed E-state index contributed by atoms with van der Waals surface area (Å²) in [5.74, 6) is 0.547. The second-order valence-corrected chi connectivity index (χ2v) is 5.86. The molecule has 0 fully saturated rings. The van der Waals surface area contributed by atoms with Gasteiger partial charge in [-0.1, -0.05) is 35.3 Å². The van der Waals surface area contributed by atoms with Gasteiger partial charge >= 0.3 is 5.63 Å². The maximum Gasteiger partial charge on any atom is 0.336 e. The Hall–Kier alpha value is -1.97. The summed E-state index contributed by atoms with van der Waals surface area (Å²) in [6.45, 7) is 2.17. The third-order valence-electron chi connectivity index (χ3n) is 3.22. The second-order valence-electron chi connectivity index (χ2n) is 4.98. The lowest BCUT2D eigenvalue weighted by molar-refractivity contribution is 0.306. The van der Waals surface area contributed by atoms with Gasteiger partial charge < -0.3 is 9.15 Å². The summed E-state index contributed by atoms with van der Waals surface area (Å²) < 4.78 is 10.9. The van der Waals surface area contributed by atoms with E-state index in [9.17, 15) is 4.79 Å². The minimum Gasteiger partial charge on any atom is -0.489 e. The minimum atomic E-state index is -0.402. The van der Waals surface area contributed by atoms with Crippen molar-refractivity contribution in [2.24, 2.45) is 0 Å². The number of benzene rings is 2. The maximum atomic E-state index is 11.7. The van der Waals surface area contributed by atoms with E-state index in [1.807, 2.05) is 25.1 Å². The molecule has 1 heterocycles. The number of halogens is 2. The first-order chi connectivity index (χ1) is 10.5. The highest BCUT2D eigenvalue weighted by atomic mass is 35.5. The molecule has 3 rings (SSSR count). The van der Waals surface area contributed by atoms with Gasteiger partial charge in [-0.05, 0) is 36.8 Å². The largest absolute Gasteiger partial charge is 0.489 e. The van der Waals surface area contributed by atoms with E-state index in [-0.39, 0.29) is 6.61 Å². The normalized spacial score (nSPS) is 10.9. The van der Waals surface area contributed by atoms with Gasteiger partial charge in [-0.2, -0.15) is 0 Å². The smallest absolute Gasteiger partial charge is 0.336 e. The predicted molar refractivity (Wildman–Crippen MR) is 88.0 cm³/mol. The highest BCUT2D eigenvalue weighted by molar-refractivity contribution is 6.34. The van der Waals surface area contributed by atoms with E-state index >= 15 is 0 Å². The Bertz CT molecular complexity index is 880. The summed E-state index contributed by atoms with van der Waals surface area (Å²) in [6, 6.07) is 12.1. The highest BCUT2D eigenvalue weighted by Gasteiger charge is 2.07. The number of fused-ring (bicyclic) bond motifs is 1. The van der Waals surface area contributed by atoms with Crippen LogP contribution < -0.4 is 10.4 Å². The van der Waals surface area contributed by atoms with Crippen molar-refractivity contribution in [1.82, 2.24) is 0 Å². The third kappa shape index (κ3) is 3.26. The molecule has 0 unspecified atom stereocenters. The van der Waals surface area contributed by atoms with E-state index in [1.54, 1.807) is 18.2 Å². The Morgan fingerprint density at radius 3 is 2.50 bits per heavy atom. The molecule has 5 heteroatoms. The fourth-order valence-electron chi connectivity index (χ4n) is 2.23. The molecule has 0 aliphatic rings. The Balaban J connectivity index is 1.95. The van der Waals surface area contributed by atoms with E-state index in [4.69, 9.17) is 32.4 Å². The molecule has 0 radical (unpaired) electrons. The van der Waals surface area contributed by atoms with Gasteiger partial charge in [0.2, 0.25) is 0 Å². The zero-order chi connectivity index (χ0) is 15.7. The molecule has 3 nitrogen and oxygen atoms in total. The zero-order valence-electron chi connectivity index (χ0n) is 11.7. The fraction of sp³-hybridized carbons (Fsp3) is 0.118. The number of aryl methyl sites for hydroxylation is 1. The van der Waals surface area contributed by atoms with Crippen molar-refractivity contribution in [1.29, 1.82) is 0 Å². The van der Waals surface area contributed by atoms with Crippen molar-refractivity contribution in [3.8, 4) is 5.75 Å². The van der Waals surface area contributed by atoms with E-state index in [0.29, 0.717) is 21.4 Å². The molecule has 22 heavy (non-hydrogen) atoms. The van der Waals surface area contributed by atoms with Crippen LogP contribution in [0.15, 0.2) is 51.7 Å². The summed E-state index contributed by atoms with van der Waals surface area (Å²) in [5.41, 5.74) is 1.92. The second kappa shape index (κ2) is 6.03. The molecule has 0 N–H and O–H groups in total. The summed E-state index contributed by atoms with van der Waals surface area (Å²) in [7, 11) is 0. The van der Waals surface area contributed by atoms with Gasteiger partial charge in [0.05, 0.1) is 0 Å². The van der Waals surface area contributed by atoms with Crippen molar-refractivity contribution in [2.45, 2.75) is 13.5 Å². The summed E-state index contributed by atoms with van der Waals surface area (Å²) in [4.78, 5) is 11.7. The predicted octanol–water partition coefficient (Wildman–Crippen LogP) is 4.99. The van der Waals surface area contributed by atoms with Crippen molar-refractivity contribution in [2.75, 3.05) is 0 Å². The topological polar surface area (TPSA) is 39.4 Å². The summed E-state index contributed by atoms with van der Waals surface area (Å²) in [6.07, 6.45) is 0. The molecule has 112 valence electrons. The standard InChI is InChI=1S/C17H12Cl2O3/c1-10-2-3-15-11(5-17(20)22-16(15)4-10)9-21-14-7-12(18)6-13(19)8-14/h2-8H,9H2,1H3. The summed E-state index contributed by atoms with van der Waals surface area (Å²) in [5, 5.41) is 1.84. The van der Waals surface area contributed by atoms with Crippen LogP contribution in [0.2, 0.25) is 10.0 Å².